The van der Waals surface area contributed by atoms with Crippen molar-refractivity contribution < 1.29 is 0 Å². The first kappa shape index (κ1) is 12.5. The Hall–Kier alpha value is -0.520. The predicted molar refractivity (Wildman–Crippen MR) is 68.9 cm³/mol. The van der Waals surface area contributed by atoms with Crippen molar-refractivity contribution in [2.24, 2.45) is 17.8 Å². The third-order valence-corrected chi connectivity index (χ3v) is 3.55. The van der Waals surface area contributed by atoms with Crippen LogP contribution in [0.15, 0.2) is 23.3 Å². The van der Waals surface area contributed by atoms with E-state index in [1.807, 2.05) is 0 Å². The Bertz CT molecular complexity index is 253. The lowest BCUT2D eigenvalue weighted by atomic mass is 9.78. The van der Waals surface area contributed by atoms with Crippen LogP contribution in [0, 0.1) is 17.8 Å². The molecule has 0 aliphatic heterocycles. The van der Waals surface area contributed by atoms with E-state index in [2.05, 4.69) is 46.8 Å². The summed E-state index contributed by atoms with van der Waals surface area (Å²) < 4.78 is 0. The molecule has 86 valence electrons. The Labute approximate surface area is 95.5 Å². The van der Waals surface area contributed by atoms with Gasteiger partial charge in [0, 0.05) is 0 Å². The number of allylic oxidation sites excluding steroid dienone is 4. The summed E-state index contributed by atoms with van der Waals surface area (Å²) in [5.74, 6) is 2.41. The molecule has 1 unspecified atom stereocenters. The van der Waals surface area contributed by atoms with Crippen molar-refractivity contribution in [2.75, 3.05) is 0 Å². The van der Waals surface area contributed by atoms with E-state index in [4.69, 9.17) is 0 Å². The van der Waals surface area contributed by atoms with Crippen molar-refractivity contribution in [2.45, 2.75) is 53.9 Å². The zero-order valence-corrected chi connectivity index (χ0v) is 11.0. The third kappa shape index (κ3) is 3.85. The molecule has 0 saturated carbocycles. The minimum atomic E-state index is 0.671. The predicted octanol–water partition coefficient (Wildman–Crippen LogP) is 4.97. The lowest BCUT2D eigenvalue weighted by molar-refractivity contribution is 0.344. The van der Waals surface area contributed by atoms with Crippen LogP contribution in [-0.4, -0.2) is 0 Å². The van der Waals surface area contributed by atoms with Crippen LogP contribution >= 0.6 is 0 Å². The first-order valence-corrected chi connectivity index (χ1v) is 6.37. The van der Waals surface area contributed by atoms with Gasteiger partial charge >= 0.3 is 0 Å². The SMILES string of the molecule is CC1=C(/C=C\C(C)C)CC(C(C)C)CC1. The second-order valence-corrected chi connectivity index (χ2v) is 5.66. The Kier molecular flexibility index (Phi) is 4.63. The third-order valence-electron chi connectivity index (χ3n) is 3.55. The zero-order valence-electron chi connectivity index (χ0n) is 11.0. The lowest BCUT2D eigenvalue weighted by Gasteiger charge is -2.27. The highest BCUT2D eigenvalue weighted by molar-refractivity contribution is 5.27. The van der Waals surface area contributed by atoms with E-state index in [9.17, 15) is 0 Å². The van der Waals surface area contributed by atoms with E-state index < -0.39 is 0 Å². The minimum Gasteiger partial charge on any atom is -0.0817 e. The highest BCUT2D eigenvalue weighted by Gasteiger charge is 2.19. The fraction of sp³-hybridized carbons (Fsp3) is 0.733. The second kappa shape index (κ2) is 5.53. The zero-order chi connectivity index (χ0) is 11.4. The van der Waals surface area contributed by atoms with Gasteiger partial charge in [-0.25, -0.2) is 0 Å². The Morgan fingerprint density at radius 2 is 1.87 bits per heavy atom. The van der Waals surface area contributed by atoms with Crippen LogP contribution in [0.4, 0.5) is 0 Å². The van der Waals surface area contributed by atoms with Gasteiger partial charge in [0.2, 0.25) is 0 Å². The van der Waals surface area contributed by atoms with Crippen molar-refractivity contribution in [3.05, 3.63) is 23.3 Å². The van der Waals surface area contributed by atoms with Gasteiger partial charge in [0.15, 0.2) is 0 Å². The van der Waals surface area contributed by atoms with E-state index in [0.717, 1.165) is 11.8 Å². The average Bonchev–Trinajstić information content (AvgIpc) is 2.16. The summed E-state index contributed by atoms with van der Waals surface area (Å²) in [5, 5.41) is 0. The van der Waals surface area contributed by atoms with Crippen LogP contribution in [-0.2, 0) is 0 Å². The molecular formula is C15H26. The molecule has 1 atom stereocenters. The van der Waals surface area contributed by atoms with Crippen molar-refractivity contribution >= 4 is 0 Å². The molecule has 0 heterocycles. The van der Waals surface area contributed by atoms with Crippen LogP contribution in [0.25, 0.3) is 0 Å². The Balaban J connectivity index is 2.68. The molecule has 1 aliphatic rings. The molecule has 0 amide bonds. The van der Waals surface area contributed by atoms with Crippen molar-refractivity contribution in [3.63, 3.8) is 0 Å². The van der Waals surface area contributed by atoms with Gasteiger partial charge in [-0.1, -0.05) is 45.4 Å². The standard InChI is InChI=1S/C15H26/c1-11(2)6-8-15-10-14(12(3)4)9-7-13(15)5/h6,8,11-12,14H,7,9-10H2,1-5H3/b8-6-. The Morgan fingerprint density at radius 1 is 1.20 bits per heavy atom. The molecule has 0 nitrogen and oxygen atoms in total. The van der Waals surface area contributed by atoms with Crippen LogP contribution in [0.3, 0.4) is 0 Å². The molecule has 1 rings (SSSR count). The van der Waals surface area contributed by atoms with E-state index in [1.54, 1.807) is 11.1 Å². The summed E-state index contributed by atoms with van der Waals surface area (Å²) in [4.78, 5) is 0. The molecular weight excluding hydrogens is 180 g/mol. The molecule has 0 saturated heterocycles. The molecule has 0 fully saturated rings. The first-order valence-electron chi connectivity index (χ1n) is 6.37. The quantitative estimate of drug-likeness (QED) is 0.611. The molecule has 0 N–H and O–H groups in total. The molecule has 0 aromatic heterocycles. The molecule has 0 aromatic rings. The van der Waals surface area contributed by atoms with Crippen LogP contribution < -0.4 is 0 Å². The van der Waals surface area contributed by atoms with Crippen LogP contribution in [0.5, 0.6) is 0 Å². The number of hydrogen-bond donors (Lipinski definition) is 0. The normalized spacial score (nSPS) is 23.5. The summed E-state index contributed by atoms with van der Waals surface area (Å²) in [6.45, 7) is 11.5. The molecule has 1 aliphatic carbocycles. The van der Waals surface area contributed by atoms with Crippen molar-refractivity contribution in [3.8, 4) is 0 Å². The molecule has 0 aromatic carbocycles. The number of rotatable bonds is 3. The Morgan fingerprint density at radius 3 is 2.40 bits per heavy atom. The monoisotopic (exact) mass is 206 g/mol. The first-order chi connectivity index (χ1) is 7.00. The maximum Gasteiger partial charge on any atom is -0.0248 e. The van der Waals surface area contributed by atoms with Crippen LogP contribution in [0.1, 0.15) is 53.9 Å². The molecule has 0 bridgehead atoms. The largest absolute Gasteiger partial charge is 0.0817 e. The summed E-state index contributed by atoms with van der Waals surface area (Å²) in [7, 11) is 0. The summed E-state index contributed by atoms with van der Waals surface area (Å²) >= 11 is 0. The molecule has 0 heteroatoms. The van der Waals surface area contributed by atoms with Crippen molar-refractivity contribution in [1.29, 1.82) is 0 Å². The van der Waals surface area contributed by atoms with Gasteiger partial charge in [0.1, 0.15) is 0 Å². The van der Waals surface area contributed by atoms with Gasteiger partial charge in [0.25, 0.3) is 0 Å². The highest BCUT2D eigenvalue weighted by atomic mass is 14.2. The van der Waals surface area contributed by atoms with E-state index >= 15 is 0 Å². The van der Waals surface area contributed by atoms with E-state index in [1.165, 1.54) is 19.3 Å². The van der Waals surface area contributed by atoms with Crippen LogP contribution in [0.2, 0.25) is 0 Å². The maximum absolute atomic E-state index is 2.37. The second-order valence-electron chi connectivity index (χ2n) is 5.66. The molecule has 0 spiro atoms. The maximum atomic E-state index is 2.37. The van der Waals surface area contributed by atoms with Gasteiger partial charge in [-0.15, -0.1) is 0 Å². The van der Waals surface area contributed by atoms with E-state index in [0.29, 0.717) is 5.92 Å². The minimum absolute atomic E-state index is 0.671. The van der Waals surface area contributed by atoms with Gasteiger partial charge in [-0.05, 0) is 49.5 Å². The lowest BCUT2D eigenvalue weighted by Crippen LogP contribution is -2.14. The smallest absolute Gasteiger partial charge is 0.0248 e. The molecule has 0 radical (unpaired) electrons. The van der Waals surface area contributed by atoms with Gasteiger partial charge < -0.3 is 0 Å². The average molecular weight is 206 g/mol. The summed E-state index contributed by atoms with van der Waals surface area (Å²) in [5.41, 5.74) is 3.22. The topological polar surface area (TPSA) is 0 Å². The fourth-order valence-electron chi connectivity index (χ4n) is 2.21. The highest BCUT2D eigenvalue weighted by Crippen LogP contribution is 2.34. The summed E-state index contributed by atoms with van der Waals surface area (Å²) in [6, 6.07) is 0. The molecule has 15 heavy (non-hydrogen) atoms. The van der Waals surface area contributed by atoms with Crippen molar-refractivity contribution in [1.82, 2.24) is 0 Å². The summed E-state index contributed by atoms with van der Waals surface area (Å²) in [6.07, 6.45) is 8.70. The fourth-order valence-corrected chi connectivity index (χ4v) is 2.21. The number of hydrogen-bond acceptors (Lipinski definition) is 0. The van der Waals surface area contributed by atoms with Gasteiger partial charge in [-0.3, -0.25) is 0 Å². The van der Waals surface area contributed by atoms with E-state index in [-0.39, 0.29) is 0 Å². The van der Waals surface area contributed by atoms with Gasteiger partial charge in [0.05, 0.1) is 0 Å². The van der Waals surface area contributed by atoms with Gasteiger partial charge in [-0.2, -0.15) is 0 Å².